The van der Waals surface area contributed by atoms with Crippen molar-refractivity contribution in [3.63, 3.8) is 0 Å². The molecule has 6 rings (SSSR count). The second-order valence-corrected chi connectivity index (χ2v) is 14.8. The Balaban J connectivity index is 1.45. The van der Waals surface area contributed by atoms with Crippen molar-refractivity contribution in [2.75, 3.05) is 6.61 Å². The summed E-state index contributed by atoms with van der Waals surface area (Å²) in [4.78, 5) is 28.0. The van der Waals surface area contributed by atoms with E-state index in [4.69, 9.17) is 14.2 Å². The standard InChI is InChI=1S/C39H40N2O7S/c1-28-18-20-33(21-19-28)49(44,45)39(27-41-22-29(2)37(42)40-38(41)43)35(36(39)48-25-32-16-10-5-11-17-32)34(47-24-31-14-8-4-9-15-31)26-46-23-30-12-6-3-7-13-30/h3-22,34-36H,23-27H2,1-2H3,(H,40,42,43)/t34-,35-,36+,39+/m0/s1. The Hall–Kier alpha value is -4.61. The number of aromatic nitrogens is 2. The summed E-state index contributed by atoms with van der Waals surface area (Å²) >= 11 is 0. The zero-order valence-corrected chi connectivity index (χ0v) is 28.3. The predicted octanol–water partition coefficient (Wildman–Crippen LogP) is 5.38. The maximum atomic E-state index is 15.0. The summed E-state index contributed by atoms with van der Waals surface area (Å²) < 4.78 is 49.1. The Morgan fingerprint density at radius 1 is 0.755 bits per heavy atom. The molecular formula is C39H40N2O7S. The molecule has 5 aromatic rings. The van der Waals surface area contributed by atoms with Crippen molar-refractivity contribution in [2.24, 2.45) is 5.92 Å². The highest BCUT2D eigenvalue weighted by Gasteiger charge is 2.76. The van der Waals surface area contributed by atoms with Crippen LogP contribution >= 0.6 is 0 Å². The smallest absolute Gasteiger partial charge is 0.328 e. The molecule has 0 saturated heterocycles. The molecule has 1 N–H and O–H groups in total. The largest absolute Gasteiger partial charge is 0.374 e. The Kier molecular flexibility index (Phi) is 10.4. The lowest BCUT2D eigenvalue weighted by molar-refractivity contribution is -0.0522. The van der Waals surface area contributed by atoms with Crippen molar-refractivity contribution in [3.8, 4) is 0 Å². The maximum absolute atomic E-state index is 15.0. The van der Waals surface area contributed by atoms with Crippen LogP contribution in [0.1, 0.15) is 27.8 Å². The van der Waals surface area contributed by atoms with E-state index in [9.17, 15) is 9.59 Å². The van der Waals surface area contributed by atoms with Crippen LogP contribution in [0.5, 0.6) is 0 Å². The van der Waals surface area contributed by atoms with E-state index in [2.05, 4.69) is 4.98 Å². The fourth-order valence-corrected chi connectivity index (χ4v) is 8.70. The molecule has 0 bridgehead atoms. The van der Waals surface area contributed by atoms with Crippen molar-refractivity contribution >= 4 is 9.84 Å². The molecule has 9 nitrogen and oxygen atoms in total. The van der Waals surface area contributed by atoms with E-state index in [0.29, 0.717) is 6.61 Å². The summed E-state index contributed by atoms with van der Waals surface area (Å²) in [5.41, 5.74) is 2.70. The number of hydrogen-bond donors (Lipinski definition) is 1. The predicted molar refractivity (Wildman–Crippen MR) is 187 cm³/mol. The molecule has 10 heteroatoms. The highest BCUT2D eigenvalue weighted by Crippen LogP contribution is 2.58. The molecule has 254 valence electrons. The number of aryl methyl sites for hydroxylation is 2. The first-order chi connectivity index (χ1) is 23.7. The summed E-state index contributed by atoms with van der Waals surface area (Å²) in [6.45, 7) is 3.91. The second kappa shape index (κ2) is 14.9. The van der Waals surface area contributed by atoms with E-state index < -0.39 is 44.0 Å². The number of sulfone groups is 1. The Morgan fingerprint density at radius 2 is 1.31 bits per heavy atom. The molecule has 0 aliphatic heterocycles. The summed E-state index contributed by atoms with van der Waals surface area (Å²) in [7, 11) is -4.20. The van der Waals surface area contributed by atoms with Crippen molar-refractivity contribution in [1.29, 1.82) is 0 Å². The number of nitrogens with one attached hydrogen (secondary N) is 1. The van der Waals surface area contributed by atoms with Crippen molar-refractivity contribution in [2.45, 2.75) is 62.1 Å². The van der Waals surface area contributed by atoms with E-state index in [1.807, 2.05) is 97.9 Å². The first-order valence-electron chi connectivity index (χ1n) is 16.2. The van der Waals surface area contributed by atoms with Gasteiger partial charge in [-0.2, -0.15) is 0 Å². The van der Waals surface area contributed by atoms with Crippen LogP contribution in [0.25, 0.3) is 0 Å². The van der Waals surface area contributed by atoms with Gasteiger partial charge in [0.1, 0.15) is 4.75 Å². The van der Waals surface area contributed by atoms with Gasteiger partial charge >= 0.3 is 5.69 Å². The van der Waals surface area contributed by atoms with Crippen LogP contribution in [0.3, 0.4) is 0 Å². The van der Waals surface area contributed by atoms with Gasteiger partial charge < -0.3 is 14.2 Å². The fourth-order valence-electron chi connectivity index (χ4n) is 6.38. The van der Waals surface area contributed by atoms with Crippen molar-refractivity contribution in [1.82, 2.24) is 9.55 Å². The highest BCUT2D eigenvalue weighted by molar-refractivity contribution is 7.93. The van der Waals surface area contributed by atoms with Gasteiger partial charge in [0.25, 0.3) is 5.56 Å². The van der Waals surface area contributed by atoms with Gasteiger partial charge in [-0.15, -0.1) is 0 Å². The lowest BCUT2D eigenvalue weighted by atomic mass is 10.1. The minimum absolute atomic E-state index is 0.0717. The third-order valence-electron chi connectivity index (χ3n) is 9.07. The normalized spacial score (nSPS) is 19.4. The van der Waals surface area contributed by atoms with Gasteiger partial charge in [-0.05, 0) is 42.7 Å². The monoisotopic (exact) mass is 680 g/mol. The average Bonchev–Trinajstić information content (AvgIpc) is 3.77. The molecule has 1 aliphatic rings. The number of ether oxygens (including phenoxy) is 3. The van der Waals surface area contributed by atoms with Crippen LogP contribution in [0.2, 0.25) is 0 Å². The van der Waals surface area contributed by atoms with E-state index in [1.54, 1.807) is 31.2 Å². The fraction of sp³-hybridized carbons (Fsp3) is 0.282. The highest BCUT2D eigenvalue weighted by atomic mass is 32.2. The first-order valence-corrected chi connectivity index (χ1v) is 17.7. The molecule has 1 aliphatic carbocycles. The molecule has 1 heterocycles. The molecule has 0 unspecified atom stereocenters. The Labute approximate surface area is 286 Å². The van der Waals surface area contributed by atoms with Crippen LogP contribution in [0.4, 0.5) is 0 Å². The van der Waals surface area contributed by atoms with Crippen LogP contribution in [-0.2, 0) is 50.4 Å². The van der Waals surface area contributed by atoms with Gasteiger partial charge in [-0.1, -0.05) is 109 Å². The van der Waals surface area contributed by atoms with E-state index in [-0.39, 0.29) is 36.8 Å². The van der Waals surface area contributed by atoms with Crippen LogP contribution in [0, 0.1) is 19.8 Å². The molecule has 49 heavy (non-hydrogen) atoms. The molecule has 4 atom stereocenters. The Bertz CT molecular complexity index is 2070. The molecule has 1 fully saturated rings. The number of nitrogens with zero attached hydrogens (tertiary/aromatic N) is 1. The number of H-pyrrole nitrogens is 1. The lowest BCUT2D eigenvalue weighted by Gasteiger charge is -2.24. The van der Waals surface area contributed by atoms with Gasteiger partial charge in [0, 0.05) is 17.7 Å². The van der Waals surface area contributed by atoms with Crippen LogP contribution in [0.15, 0.2) is 136 Å². The van der Waals surface area contributed by atoms with Gasteiger partial charge in [0.05, 0.1) is 50.1 Å². The molecule has 0 amide bonds. The average molecular weight is 681 g/mol. The second-order valence-electron chi connectivity index (χ2n) is 12.5. The van der Waals surface area contributed by atoms with Gasteiger partial charge in [0.2, 0.25) is 0 Å². The third kappa shape index (κ3) is 7.52. The zero-order valence-electron chi connectivity index (χ0n) is 27.5. The molecular weight excluding hydrogens is 641 g/mol. The quantitative estimate of drug-likeness (QED) is 0.158. The van der Waals surface area contributed by atoms with Crippen molar-refractivity contribution in [3.05, 3.63) is 170 Å². The third-order valence-corrected chi connectivity index (χ3v) is 11.6. The van der Waals surface area contributed by atoms with Crippen LogP contribution in [-0.4, -0.2) is 41.5 Å². The van der Waals surface area contributed by atoms with E-state index >= 15 is 8.42 Å². The topological polar surface area (TPSA) is 117 Å². The number of hydrogen-bond acceptors (Lipinski definition) is 7. The molecule has 4 aromatic carbocycles. The number of aromatic amines is 1. The Morgan fingerprint density at radius 3 is 1.90 bits per heavy atom. The minimum Gasteiger partial charge on any atom is -0.374 e. The van der Waals surface area contributed by atoms with E-state index in [1.165, 1.54) is 10.8 Å². The number of rotatable bonds is 15. The SMILES string of the molecule is Cc1ccc(S(=O)(=O)[C@]2(Cn3cc(C)c(=O)[nH]c3=O)[C@@H]([C@H](COCc3ccccc3)OCc3ccccc3)[C@H]2OCc2ccccc2)cc1. The lowest BCUT2D eigenvalue weighted by Crippen LogP contribution is -2.42. The summed E-state index contributed by atoms with van der Waals surface area (Å²) in [6.07, 6.45) is -0.230. The summed E-state index contributed by atoms with van der Waals surface area (Å²) in [5, 5.41) is 0. The van der Waals surface area contributed by atoms with Crippen LogP contribution < -0.4 is 11.2 Å². The van der Waals surface area contributed by atoms with Gasteiger partial charge in [0.15, 0.2) is 9.84 Å². The van der Waals surface area contributed by atoms with E-state index in [0.717, 1.165) is 22.3 Å². The summed E-state index contributed by atoms with van der Waals surface area (Å²) in [6, 6.07) is 35.5. The maximum Gasteiger partial charge on any atom is 0.328 e. The van der Waals surface area contributed by atoms with Crippen molar-refractivity contribution < 1.29 is 22.6 Å². The van der Waals surface area contributed by atoms with Gasteiger partial charge in [-0.25, -0.2) is 13.2 Å². The molecule has 0 spiro atoms. The summed E-state index contributed by atoms with van der Waals surface area (Å²) in [5.74, 6) is -0.749. The molecule has 1 aromatic heterocycles. The van der Waals surface area contributed by atoms with Gasteiger partial charge in [-0.3, -0.25) is 14.3 Å². The molecule has 1 saturated carbocycles. The molecule has 0 radical (unpaired) electrons. The number of benzene rings is 4. The zero-order chi connectivity index (χ0) is 34.4. The first kappa shape index (κ1) is 34.3. The minimum atomic E-state index is -4.20.